The minimum Gasteiger partial charge on any atom is -0.374 e. The number of ether oxygens (including phenoxy) is 1. The first-order chi connectivity index (χ1) is 7.76. The highest BCUT2D eigenvalue weighted by Crippen LogP contribution is 2.39. The summed E-state index contributed by atoms with van der Waals surface area (Å²) in [6.07, 6.45) is 3.70. The van der Waals surface area contributed by atoms with E-state index in [0.717, 1.165) is 25.7 Å². The van der Waals surface area contributed by atoms with Crippen LogP contribution in [0.15, 0.2) is 0 Å². The van der Waals surface area contributed by atoms with Crippen LogP contribution < -0.4 is 5.32 Å². The molecule has 0 radical (unpaired) electrons. The second kappa shape index (κ2) is 5.71. The van der Waals surface area contributed by atoms with Crippen LogP contribution in [0.5, 0.6) is 0 Å². The molecule has 0 aromatic rings. The van der Waals surface area contributed by atoms with Crippen LogP contribution in [0.4, 0.5) is 0 Å². The fourth-order valence-corrected chi connectivity index (χ4v) is 4.09. The number of rotatable bonds is 4. The molecule has 2 heterocycles. The Labute approximate surface area is 103 Å². The van der Waals surface area contributed by atoms with Gasteiger partial charge in [-0.25, -0.2) is 0 Å². The molecule has 2 fully saturated rings. The molecule has 2 rings (SSSR count). The van der Waals surface area contributed by atoms with E-state index in [9.17, 15) is 0 Å². The first-order valence-electron chi connectivity index (χ1n) is 6.32. The minimum atomic E-state index is 0.224. The Morgan fingerprint density at radius 1 is 1.56 bits per heavy atom. The van der Waals surface area contributed by atoms with Crippen LogP contribution in [0, 0.1) is 0 Å². The number of thioether (sulfide) groups is 1. The molecule has 0 aliphatic carbocycles. The molecule has 94 valence electrons. The SMILES string of the molecule is CNCCN(C)C1CCOC2(CCSC2)C1. The summed E-state index contributed by atoms with van der Waals surface area (Å²) >= 11 is 2.06. The van der Waals surface area contributed by atoms with Gasteiger partial charge in [-0.2, -0.15) is 11.8 Å². The standard InChI is InChI=1S/C12H24N2OS/c1-13-5-6-14(2)11-3-7-15-12(9-11)4-8-16-10-12/h11,13H,3-10H2,1-2H3. The van der Waals surface area contributed by atoms with Gasteiger partial charge in [-0.15, -0.1) is 0 Å². The third-order valence-corrected chi connectivity index (χ3v) is 5.09. The molecule has 2 aliphatic rings. The van der Waals surface area contributed by atoms with Crippen molar-refractivity contribution in [3.8, 4) is 0 Å². The van der Waals surface area contributed by atoms with Crippen molar-refractivity contribution in [1.29, 1.82) is 0 Å². The number of nitrogens with one attached hydrogen (secondary N) is 1. The molecule has 2 unspecified atom stereocenters. The lowest BCUT2D eigenvalue weighted by molar-refractivity contribution is -0.0861. The largest absolute Gasteiger partial charge is 0.374 e. The first kappa shape index (κ1) is 12.7. The molecule has 0 saturated carbocycles. The van der Waals surface area contributed by atoms with Crippen molar-refractivity contribution in [1.82, 2.24) is 10.2 Å². The highest BCUT2D eigenvalue weighted by atomic mass is 32.2. The quantitative estimate of drug-likeness (QED) is 0.803. The fourth-order valence-electron chi connectivity index (χ4n) is 2.71. The van der Waals surface area contributed by atoms with E-state index in [2.05, 4.69) is 29.0 Å². The third-order valence-electron chi connectivity index (χ3n) is 3.87. The molecule has 4 heteroatoms. The van der Waals surface area contributed by atoms with Crippen molar-refractivity contribution in [3.05, 3.63) is 0 Å². The summed E-state index contributed by atoms with van der Waals surface area (Å²) in [7, 11) is 4.27. The molecule has 16 heavy (non-hydrogen) atoms. The Morgan fingerprint density at radius 2 is 2.44 bits per heavy atom. The van der Waals surface area contributed by atoms with E-state index < -0.39 is 0 Å². The number of likely N-dealkylation sites (N-methyl/N-ethyl adjacent to an activating group) is 2. The molecular weight excluding hydrogens is 220 g/mol. The van der Waals surface area contributed by atoms with Crippen LogP contribution in [-0.4, -0.2) is 61.8 Å². The van der Waals surface area contributed by atoms with Gasteiger partial charge in [0.05, 0.1) is 5.60 Å². The maximum atomic E-state index is 6.05. The zero-order chi connectivity index (χ0) is 11.4. The monoisotopic (exact) mass is 244 g/mol. The molecule has 0 bridgehead atoms. The van der Waals surface area contributed by atoms with Gasteiger partial charge in [0.1, 0.15) is 0 Å². The van der Waals surface area contributed by atoms with Gasteiger partial charge in [0, 0.05) is 31.5 Å². The zero-order valence-electron chi connectivity index (χ0n) is 10.5. The van der Waals surface area contributed by atoms with Crippen LogP contribution in [0.1, 0.15) is 19.3 Å². The molecule has 0 amide bonds. The molecule has 2 aliphatic heterocycles. The molecule has 1 N–H and O–H groups in total. The fraction of sp³-hybridized carbons (Fsp3) is 1.00. The van der Waals surface area contributed by atoms with E-state index in [-0.39, 0.29) is 5.60 Å². The van der Waals surface area contributed by atoms with Gasteiger partial charge in [-0.1, -0.05) is 0 Å². The van der Waals surface area contributed by atoms with Crippen molar-refractivity contribution in [2.75, 3.05) is 45.3 Å². The van der Waals surface area contributed by atoms with Gasteiger partial charge in [-0.3, -0.25) is 0 Å². The molecule has 1 spiro atoms. The molecule has 3 nitrogen and oxygen atoms in total. The van der Waals surface area contributed by atoms with E-state index in [1.165, 1.54) is 30.8 Å². The second-order valence-corrected chi connectivity index (χ2v) is 6.17. The maximum absolute atomic E-state index is 6.05. The van der Waals surface area contributed by atoms with Gasteiger partial charge in [-0.05, 0) is 39.1 Å². The van der Waals surface area contributed by atoms with Crippen LogP contribution in [0.3, 0.4) is 0 Å². The summed E-state index contributed by atoms with van der Waals surface area (Å²) in [6.45, 7) is 3.18. The average molecular weight is 244 g/mol. The Balaban J connectivity index is 1.85. The second-order valence-electron chi connectivity index (χ2n) is 5.06. The Morgan fingerprint density at radius 3 is 3.12 bits per heavy atom. The lowest BCUT2D eigenvalue weighted by Crippen LogP contribution is -2.48. The lowest BCUT2D eigenvalue weighted by Gasteiger charge is -2.41. The summed E-state index contributed by atoms with van der Waals surface area (Å²) in [5, 5.41) is 3.22. The van der Waals surface area contributed by atoms with Crippen LogP contribution in [0.2, 0.25) is 0 Å². The normalized spacial score (nSPS) is 35.1. The highest BCUT2D eigenvalue weighted by molar-refractivity contribution is 7.99. The predicted molar refractivity (Wildman–Crippen MR) is 70.2 cm³/mol. The minimum absolute atomic E-state index is 0.224. The molecule has 0 aromatic carbocycles. The number of nitrogens with zero attached hydrogens (tertiary/aromatic N) is 1. The molecule has 0 aromatic heterocycles. The van der Waals surface area contributed by atoms with Crippen LogP contribution >= 0.6 is 11.8 Å². The number of hydrogen-bond acceptors (Lipinski definition) is 4. The molecule has 2 saturated heterocycles. The first-order valence-corrected chi connectivity index (χ1v) is 7.48. The average Bonchev–Trinajstić information content (AvgIpc) is 2.74. The summed E-state index contributed by atoms with van der Waals surface area (Å²) in [6, 6.07) is 0.723. The smallest absolute Gasteiger partial charge is 0.0795 e. The van der Waals surface area contributed by atoms with Crippen molar-refractivity contribution in [2.24, 2.45) is 0 Å². The van der Waals surface area contributed by atoms with E-state index in [4.69, 9.17) is 4.74 Å². The summed E-state index contributed by atoms with van der Waals surface area (Å²) < 4.78 is 6.05. The Kier molecular flexibility index (Phi) is 4.53. The van der Waals surface area contributed by atoms with Crippen LogP contribution in [0.25, 0.3) is 0 Å². The van der Waals surface area contributed by atoms with E-state index in [1.54, 1.807) is 0 Å². The van der Waals surface area contributed by atoms with Crippen molar-refractivity contribution >= 4 is 11.8 Å². The lowest BCUT2D eigenvalue weighted by atomic mass is 9.89. The van der Waals surface area contributed by atoms with Crippen molar-refractivity contribution in [3.63, 3.8) is 0 Å². The zero-order valence-corrected chi connectivity index (χ0v) is 11.3. The van der Waals surface area contributed by atoms with Crippen LogP contribution in [-0.2, 0) is 4.74 Å². The van der Waals surface area contributed by atoms with Gasteiger partial charge < -0.3 is 15.0 Å². The summed E-state index contributed by atoms with van der Waals surface area (Å²) in [5.41, 5.74) is 0.224. The maximum Gasteiger partial charge on any atom is 0.0795 e. The Hall–Kier alpha value is 0.230. The Bertz CT molecular complexity index is 219. The summed E-state index contributed by atoms with van der Waals surface area (Å²) in [5.74, 6) is 2.50. The van der Waals surface area contributed by atoms with Gasteiger partial charge in [0.15, 0.2) is 0 Å². The predicted octanol–water partition coefficient (Wildman–Crippen LogP) is 1.19. The van der Waals surface area contributed by atoms with Gasteiger partial charge in [0.25, 0.3) is 0 Å². The van der Waals surface area contributed by atoms with Gasteiger partial charge in [0.2, 0.25) is 0 Å². The number of hydrogen-bond donors (Lipinski definition) is 1. The van der Waals surface area contributed by atoms with E-state index in [1.807, 2.05) is 7.05 Å². The van der Waals surface area contributed by atoms with E-state index >= 15 is 0 Å². The van der Waals surface area contributed by atoms with Crippen molar-refractivity contribution < 1.29 is 4.74 Å². The third kappa shape index (κ3) is 2.92. The highest BCUT2D eigenvalue weighted by Gasteiger charge is 2.41. The molecule has 2 atom stereocenters. The van der Waals surface area contributed by atoms with Crippen molar-refractivity contribution in [2.45, 2.75) is 30.9 Å². The van der Waals surface area contributed by atoms with E-state index in [0.29, 0.717) is 0 Å². The van der Waals surface area contributed by atoms with Gasteiger partial charge >= 0.3 is 0 Å². The summed E-state index contributed by atoms with van der Waals surface area (Å²) in [4.78, 5) is 2.50. The topological polar surface area (TPSA) is 24.5 Å². The molecular formula is C12H24N2OS.